The lowest BCUT2D eigenvalue weighted by molar-refractivity contribution is -0.123. The van der Waals surface area contributed by atoms with Crippen molar-refractivity contribution in [1.29, 1.82) is 0 Å². The van der Waals surface area contributed by atoms with Crippen molar-refractivity contribution < 1.29 is 9.59 Å². The minimum atomic E-state index is -0.423. The molecule has 1 aliphatic rings. The van der Waals surface area contributed by atoms with E-state index in [1.165, 1.54) is 22.2 Å². The van der Waals surface area contributed by atoms with Crippen molar-refractivity contribution in [2.45, 2.75) is 28.4 Å². The van der Waals surface area contributed by atoms with E-state index in [1.807, 2.05) is 6.07 Å². The third kappa shape index (κ3) is 5.19. The smallest absolute Gasteiger partial charge is 0.238 e. The topological polar surface area (TPSA) is 58.2 Å². The molecule has 0 radical (unpaired) electrons. The molecule has 1 aliphatic heterocycles. The van der Waals surface area contributed by atoms with Gasteiger partial charge >= 0.3 is 0 Å². The van der Waals surface area contributed by atoms with Gasteiger partial charge in [-0.3, -0.25) is 9.59 Å². The average Bonchev–Trinajstić information content (AvgIpc) is 2.61. The highest BCUT2D eigenvalue weighted by Crippen LogP contribution is 2.38. The highest BCUT2D eigenvalue weighted by molar-refractivity contribution is 8.01. The van der Waals surface area contributed by atoms with Crippen molar-refractivity contribution in [3.63, 3.8) is 0 Å². The van der Waals surface area contributed by atoms with Crippen LogP contribution in [0.25, 0.3) is 0 Å². The Balaban J connectivity index is 1.44. The Labute approximate surface area is 166 Å². The zero-order valence-corrected chi connectivity index (χ0v) is 16.6. The molecule has 0 aromatic heterocycles. The minimum absolute atomic E-state index is 0.112. The molecule has 2 aromatic rings. The van der Waals surface area contributed by atoms with Gasteiger partial charge in [-0.15, -0.1) is 23.5 Å². The number of nitrogens with one attached hydrogen (secondary N) is 2. The summed E-state index contributed by atoms with van der Waals surface area (Å²) < 4.78 is 0. The monoisotopic (exact) mass is 406 g/mol. The quantitative estimate of drug-likeness (QED) is 0.552. The molecule has 1 unspecified atom stereocenters. The van der Waals surface area contributed by atoms with Crippen LogP contribution in [0.5, 0.6) is 0 Å². The summed E-state index contributed by atoms with van der Waals surface area (Å²) in [6.07, 6.45) is 0.160. The maximum Gasteiger partial charge on any atom is 0.238 e. The normalized spacial score (nSPS) is 15.9. The summed E-state index contributed by atoms with van der Waals surface area (Å²) in [4.78, 5) is 26.4. The summed E-state index contributed by atoms with van der Waals surface area (Å²) in [6, 6.07) is 13.7. The number of hydrogen-bond acceptors (Lipinski definition) is 4. The first-order valence-corrected chi connectivity index (χ1v) is 10.5. The molecule has 136 valence electrons. The number of amides is 2. The van der Waals surface area contributed by atoms with Gasteiger partial charge in [-0.05, 0) is 37.3 Å². The highest BCUT2D eigenvalue weighted by Gasteiger charge is 2.28. The van der Waals surface area contributed by atoms with Crippen molar-refractivity contribution in [3.05, 3.63) is 53.1 Å². The summed E-state index contributed by atoms with van der Waals surface area (Å²) >= 11 is 9.04. The maximum atomic E-state index is 12.2. The molecule has 1 heterocycles. The summed E-state index contributed by atoms with van der Waals surface area (Å²) in [7, 11) is 0. The predicted octanol–water partition coefficient (Wildman–Crippen LogP) is 4.36. The lowest BCUT2D eigenvalue weighted by Crippen LogP contribution is -2.35. The SMILES string of the molecule is Cc1ccc(SCCNC(=O)CC2Sc3ccc(Cl)cc3NC2=O)cc1. The number of benzene rings is 2. The van der Waals surface area contributed by atoms with Gasteiger partial charge in [0, 0.05) is 33.5 Å². The number of thioether (sulfide) groups is 2. The Kier molecular flexibility index (Phi) is 6.51. The summed E-state index contributed by atoms with van der Waals surface area (Å²) in [5.74, 6) is 0.522. The molecule has 2 N–H and O–H groups in total. The first kappa shape index (κ1) is 19.1. The van der Waals surface area contributed by atoms with Gasteiger partial charge in [0.25, 0.3) is 0 Å². The summed E-state index contributed by atoms with van der Waals surface area (Å²) in [5.41, 5.74) is 1.94. The zero-order valence-electron chi connectivity index (χ0n) is 14.3. The first-order chi connectivity index (χ1) is 12.5. The molecule has 3 rings (SSSR count). The van der Waals surface area contributed by atoms with E-state index >= 15 is 0 Å². The number of anilines is 1. The van der Waals surface area contributed by atoms with Crippen LogP contribution in [-0.4, -0.2) is 29.4 Å². The van der Waals surface area contributed by atoms with Gasteiger partial charge in [0.15, 0.2) is 0 Å². The van der Waals surface area contributed by atoms with Crippen molar-refractivity contribution >= 4 is 52.6 Å². The Hall–Kier alpha value is -1.63. The molecule has 0 aliphatic carbocycles. The Morgan fingerprint density at radius 1 is 1.27 bits per heavy atom. The third-order valence-electron chi connectivity index (χ3n) is 3.85. The van der Waals surface area contributed by atoms with Crippen molar-refractivity contribution in [2.24, 2.45) is 0 Å². The minimum Gasteiger partial charge on any atom is -0.355 e. The van der Waals surface area contributed by atoms with Crippen molar-refractivity contribution in [3.8, 4) is 0 Å². The molecule has 2 aromatic carbocycles. The Bertz CT molecular complexity index is 812. The molecule has 0 spiro atoms. The first-order valence-electron chi connectivity index (χ1n) is 8.24. The van der Waals surface area contributed by atoms with Crippen LogP contribution in [-0.2, 0) is 9.59 Å². The van der Waals surface area contributed by atoms with Gasteiger partial charge in [-0.25, -0.2) is 0 Å². The zero-order chi connectivity index (χ0) is 18.5. The van der Waals surface area contributed by atoms with E-state index in [4.69, 9.17) is 11.6 Å². The molecule has 7 heteroatoms. The van der Waals surface area contributed by atoms with Crippen molar-refractivity contribution in [1.82, 2.24) is 5.32 Å². The molecular formula is C19H19ClN2O2S2. The van der Waals surface area contributed by atoms with Gasteiger partial charge in [0.05, 0.1) is 10.9 Å². The largest absolute Gasteiger partial charge is 0.355 e. The summed E-state index contributed by atoms with van der Waals surface area (Å²) in [5, 5.41) is 5.87. The van der Waals surface area contributed by atoms with E-state index in [2.05, 4.69) is 41.8 Å². The Morgan fingerprint density at radius 2 is 2.04 bits per heavy atom. The Morgan fingerprint density at radius 3 is 2.81 bits per heavy atom. The second kappa shape index (κ2) is 8.84. The molecule has 4 nitrogen and oxygen atoms in total. The summed E-state index contributed by atoms with van der Waals surface area (Å²) in [6.45, 7) is 2.63. The molecule has 0 bridgehead atoms. The van der Waals surface area contributed by atoms with Crippen LogP contribution < -0.4 is 10.6 Å². The van der Waals surface area contributed by atoms with Crippen LogP contribution in [0, 0.1) is 6.92 Å². The van der Waals surface area contributed by atoms with Crippen molar-refractivity contribution in [2.75, 3.05) is 17.6 Å². The number of aryl methyl sites for hydroxylation is 1. The van der Waals surface area contributed by atoms with E-state index in [1.54, 1.807) is 23.9 Å². The van der Waals surface area contributed by atoms with E-state index < -0.39 is 5.25 Å². The fraction of sp³-hybridized carbons (Fsp3) is 0.263. The fourth-order valence-electron chi connectivity index (χ4n) is 2.49. The van der Waals surface area contributed by atoms with Gasteiger partial charge in [-0.1, -0.05) is 29.3 Å². The standard InChI is InChI=1S/C19H19ClN2O2S2/c1-12-2-5-14(6-3-12)25-9-8-21-18(23)11-17-19(24)22-15-10-13(20)4-7-16(15)26-17/h2-7,10,17H,8-9,11H2,1H3,(H,21,23)(H,22,24). The molecule has 0 fully saturated rings. The molecule has 26 heavy (non-hydrogen) atoms. The lowest BCUT2D eigenvalue weighted by atomic mass is 10.2. The van der Waals surface area contributed by atoms with E-state index in [0.717, 1.165) is 10.6 Å². The molecule has 1 atom stereocenters. The van der Waals surface area contributed by atoms with Crippen LogP contribution in [0.15, 0.2) is 52.3 Å². The van der Waals surface area contributed by atoms with Gasteiger partial charge < -0.3 is 10.6 Å². The second-order valence-electron chi connectivity index (χ2n) is 5.95. The molecule has 2 amide bonds. The van der Waals surface area contributed by atoms with Gasteiger partial charge in [0.1, 0.15) is 0 Å². The van der Waals surface area contributed by atoms with Crippen LogP contribution in [0.3, 0.4) is 0 Å². The lowest BCUT2D eigenvalue weighted by Gasteiger charge is -2.23. The van der Waals surface area contributed by atoms with Crippen LogP contribution >= 0.6 is 35.1 Å². The number of carbonyl (C=O) groups is 2. The van der Waals surface area contributed by atoms with Gasteiger partial charge in [-0.2, -0.15) is 0 Å². The number of hydrogen-bond donors (Lipinski definition) is 2. The molecular weight excluding hydrogens is 388 g/mol. The molecule has 0 saturated heterocycles. The van der Waals surface area contributed by atoms with Crippen LogP contribution in [0.4, 0.5) is 5.69 Å². The van der Waals surface area contributed by atoms with Gasteiger partial charge in [0.2, 0.25) is 11.8 Å². The van der Waals surface area contributed by atoms with E-state index in [-0.39, 0.29) is 18.2 Å². The van der Waals surface area contributed by atoms with Crippen LogP contribution in [0.1, 0.15) is 12.0 Å². The number of rotatable bonds is 6. The molecule has 0 saturated carbocycles. The number of fused-ring (bicyclic) bond motifs is 1. The van der Waals surface area contributed by atoms with E-state index in [0.29, 0.717) is 17.3 Å². The average molecular weight is 407 g/mol. The number of carbonyl (C=O) groups excluding carboxylic acids is 2. The maximum absolute atomic E-state index is 12.2. The predicted molar refractivity (Wildman–Crippen MR) is 109 cm³/mol. The highest BCUT2D eigenvalue weighted by atomic mass is 35.5. The third-order valence-corrected chi connectivity index (χ3v) is 6.37. The number of halogens is 1. The fourth-order valence-corrected chi connectivity index (χ4v) is 4.52. The van der Waals surface area contributed by atoms with E-state index in [9.17, 15) is 9.59 Å². The second-order valence-corrected chi connectivity index (χ2v) is 8.80. The van der Waals surface area contributed by atoms with Crippen LogP contribution in [0.2, 0.25) is 5.02 Å².